The van der Waals surface area contributed by atoms with Crippen LogP contribution in [0.2, 0.25) is 0 Å². The Bertz CT molecular complexity index is 559. The van der Waals surface area contributed by atoms with Gasteiger partial charge in [0.1, 0.15) is 0 Å². The molecular weight excluding hydrogens is 264 g/mol. The number of rotatable bonds is 3. The molecule has 1 aliphatic carbocycles. The lowest BCUT2D eigenvalue weighted by atomic mass is 10.1. The molecule has 1 heterocycles. The number of nitrogens with zero attached hydrogens (tertiary/aromatic N) is 2. The fourth-order valence-electron chi connectivity index (χ4n) is 2.89. The first-order valence-electron chi connectivity index (χ1n) is 7.47. The molecule has 2 N–H and O–H groups in total. The predicted octanol–water partition coefficient (Wildman–Crippen LogP) is 2.16. The summed E-state index contributed by atoms with van der Waals surface area (Å²) in [5.41, 5.74) is 1.29. The van der Waals surface area contributed by atoms with Crippen molar-refractivity contribution < 1.29 is 4.79 Å². The van der Waals surface area contributed by atoms with E-state index < -0.39 is 0 Å². The molecule has 2 amide bonds. The highest BCUT2D eigenvalue weighted by Gasteiger charge is 2.38. The first kappa shape index (κ1) is 13.9. The summed E-state index contributed by atoms with van der Waals surface area (Å²) >= 11 is 0. The lowest BCUT2D eigenvalue weighted by Gasteiger charge is -2.17. The molecule has 2 fully saturated rings. The third kappa shape index (κ3) is 3.34. The predicted molar refractivity (Wildman–Crippen MR) is 80.9 cm³/mol. The number of urea groups is 1. The van der Waals surface area contributed by atoms with E-state index in [9.17, 15) is 4.79 Å². The number of anilines is 1. The Kier molecular flexibility index (Phi) is 3.80. The van der Waals surface area contributed by atoms with E-state index in [1.54, 1.807) is 24.3 Å². The molecule has 1 aromatic carbocycles. The topological polar surface area (TPSA) is 68.2 Å². The molecule has 1 aliphatic heterocycles. The summed E-state index contributed by atoms with van der Waals surface area (Å²) < 4.78 is 0. The molecule has 2 aliphatic rings. The van der Waals surface area contributed by atoms with Gasteiger partial charge in [0.05, 0.1) is 11.6 Å². The lowest BCUT2D eigenvalue weighted by Crippen LogP contribution is -2.42. The minimum absolute atomic E-state index is 0.172. The van der Waals surface area contributed by atoms with E-state index in [2.05, 4.69) is 28.5 Å². The highest BCUT2D eigenvalue weighted by Crippen LogP contribution is 2.31. The molecule has 0 unspecified atom stereocenters. The molecule has 5 nitrogen and oxygen atoms in total. The summed E-state index contributed by atoms with van der Waals surface area (Å²) in [6.07, 6.45) is 2.60. The summed E-state index contributed by atoms with van der Waals surface area (Å²) in [6, 6.07) is 9.73. The average Bonchev–Trinajstić information content (AvgIpc) is 3.26. The molecule has 2 atom stereocenters. The maximum absolute atomic E-state index is 12.1. The number of amides is 2. The Morgan fingerprint density at radius 1 is 1.29 bits per heavy atom. The van der Waals surface area contributed by atoms with Crippen LogP contribution in [0.4, 0.5) is 10.5 Å². The van der Waals surface area contributed by atoms with Gasteiger partial charge in [-0.2, -0.15) is 5.26 Å². The highest BCUT2D eigenvalue weighted by atomic mass is 16.2. The molecular formula is C16H20N4O. The van der Waals surface area contributed by atoms with Crippen molar-refractivity contribution in [2.24, 2.45) is 5.92 Å². The van der Waals surface area contributed by atoms with Gasteiger partial charge in [0.25, 0.3) is 0 Å². The van der Waals surface area contributed by atoms with E-state index in [1.807, 2.05) is 0 Å². The van der Waals surface area contributed by atoms with Crippen LogP contribution in [0.3, 0.4) is 0 Å². The molecule has 1 saturated carbocycles. The van der Waals surface area contributed by atoms with Crippen molar-refractivity contribution in [3.63, 3.8) is 0 Å². The molecule has 110 valence electrons. The molecule has 21 heavy (non-hydrogen) atoms. The second-order valence-corrected chi connectivity index (χ2v) is 6.06. The van der Waals surface area contributed by atoms with Crippen molar-refractivity contribution in [1.82, 2.24) is 10.2 Å². The van der Waals surface area contributed by atoms with Crippen molar-refractivity contribution >= 4 is 11.7 Å². The number of hydrogen-bond donors (Lipinski definition) is 2. The van der Waals surface area contributed by atoms with Gasteiger partial charge in [0.2, 0.25) is 0 Å². The van der Waals surface area contributed by atoms with Crippen LogP contribution >= 0.6 is 0 Å². The van der Waals surface area contributed by atoms with Crippen LogP contribution < -0.4 is 10.6 Å². The minimum Gasteiger partial charge on any atom is -0.334 e. The minimum atomic E-state index is -0.172. The Balaban J connectivity index is 1.52. The van der Waals surface area contributed by atoms with Gasteiger partial charge in [-0.3, -0.25) is 4.90 Å². The van der Waals surface area contributed by atoms with Gasteiger partial charge in [0.15, 0.2) is 0 Å². The zero-order valence-corrected chi connectivity index (χ0v) is 12.2. The van der Waals surface area contributed by atoms with Gasteiger partial charge in [-0.1, -0.05) is 6.92 Å². The maximum Gasteiger partial charge on any atom is 0.319 e. The number of likely N-dealkylation sites (tertiary alicyclic amines) is 1. The standard InChI is InChI=1S/C16H20N4O/c1-11-9-20(14-6-7-14)10-15(11)19-16(21)18-13-4-2-12(8-17)3-5-13/h2-5,11,14-15H,6-7,9-10H2,1H3,(H2,18,19,21)/t11-,15+/m0/s1. The van der Waals surface area contributed by atoms with E-state index in [1.165, 1.54) is 12.8 Å². The fraction of sp³-hybridized carbons (Fsp3) is 0.500. The van der Waals surface area contributed by atoms with Crippen molar-refractivity contribution in [2.75, 3.05) is 18.4 Å². The number of carbonyl (C=O) groups excluding carboxylic acids is 1. The number of nitriles is 1. The van der Waals surface area contributed by atoms with E-state index in [0.717, 1.165) is 19.1 Å². The van der Waals surface area contributed by atoms with Gasteiger partial charge in [-0.25, -0.2) is 4.79 Å². The van der Waals surface area contributed by atoms with Crippen LogP contribution in [0.15, 0.2) is 24.3 Å². The van der Waals surface area contributed by atoms with Crippen LogP contribution in [0.25, 0.3) is 0 Å². The SMILES string of the molecule is C[C@H]1CN(C2CC2)C[C@H]1NC(=O)Nc1ccc(C#N)cc1. The second-order valence-electron chi connectivity index (χ2n) is 6.06. The average molecular weight is 284 g/mol. The lowest BCUT2D eigenvalue weighted by molar-refractivity contribution is 0.246. The summed E-state index contributed by atoms with van der Waals surface area (Å²) in [5, 5.41) is 14.6. The summed E-state index contributed by atoms with van der Waals surface area (Å²) in [4.78, 5) is 14.5. The van der Waals surface area contributed by atoms with Gasteiger partial charge < -0.3 is 10.6 Å². The van der Waals surface area contributed by atoms with Crippen LogP contribution in [0.1, 0.15) is 25.3 Å². The first-order valence-corrected chi connectivity index (χ1v) is 7.47. The second kappa shape index (κ2) is 5.74. The summed E-state index contributed by atoms with van der Waals surface area (Å²) in [5.74, 6) is 0.484. The largest absolute Gasteiger partial charge is 0.334 e. The molecule has 5 heteroatoms. The Morgan fingerprint density at radius 3 is 2.62 bits per heavy atom. The van der Waals surface area contributed by atoms with Crippen LogP contribution in [0, 0.1) is 17.2 Å². The Morgan fingerprint density at radius 2 is 2.00 bits per heavy atom. The number of hydrogen-bond acceptors (Lipinski definition) is 3. The normalized spacial score (nSPS) is 25.3. The van der Waals surface area contributed by atoms with Crippen molar-refractivity contribution in [3.8, 4) is 6.07 Å². The molecule has 1 aromatic rings. The third-order valence-electron chi connectivity index (χ3n) is 4.29. The van der Waals surface area contributed by atoms with Crippen LogP contribution in [-0.4, -0.2) is 36.1 Å². The summed E-state index contributed by atoms with van der Waals surface area (Å²) in [6.45, 7) is 4.22. The molecule has 1 saturated heterocycles. The van der Waals surface area contributed by atoms with E-state index >= 15 is 0 Å². The van der Waals surface area contributed by atoms with Gasteiger partial charge in [0, 0.05) is 30.9 Å². The third-order valence-corrected chi connectivity index (χ3v) is 4.29. The van der Waals surface area contributed by atoms with Crippen molar-refractivity contribution in [3.05, 3.63) is 29.8 Å². The van der Waals surface area contributed by atoms with Crippen LogP contribution in [0.5, 0.6) is 0 Å². The van der Waals surface area contributed by atoms with Crippen molar-refractivity contribution in [2.45, 2.75) is 31.8 Å². The summed E-state index contributed by atoms with van der Waals surface area (Å²) in [7, 11) is 0. The Labute approximate surface area is 124 Å². The van der Waals surface area contributed by atoms with E-state index in [0.29, 0.717) is 17.2 Å². The molecule has 0 radical (unpaired) electrons. The van der Waals surface area contributed by atoms with Crippen molar-refractivity contribution in [1.29, 1.82) is 5.26 Å². The first-order chi connectivity index (χ1) is 10.2. The Hall–Kier alpha value is -2.06. The highest BCUT2D eigenvalue weighted by molar-refractivity contribution is 5.89. The smallest absolute Gasteiger partial charge is 0.319 e. The maximum atomic E-state index is 12.1. The van der Waals surface area contributed by atoms with E-state index in [4.69, 9.17) is 5.26 Å². The van der Waals surface area contributed by atoms with Crippen LogP contribution in [-0.2, 0) is 0 Å². The quantitative estimate of drug-likeness (QED) is 0.893. The zero-order valence-electron chi connectivity index (χ0n) is 12.2. The number of benzene rings is 1. The molecule has 3 rings (SSSR count). The van der Waals surface area contributed by atoms with Gasteiger partial charge in [-0.15, -0.1) is 0 Å². The van der Waals surface area contributed by atoms with Gasteiger partial charge >= 0.3 is 6.03 Å². The monoisotopic (exact) mass is 284 g/mol. The van der Waals surface area contributed by atoms with Gasteiger partial charge in [-0.05, 0) is 43.0 Å². The molecule has 0 bridgehead atoms. The molecule has 0 spiro atoms. The van der Waals surface area contributed by atoms with E-state index in [-0.39, 0.29) is 12.1 Å². The fourth-order valence-corrected chi connectivity index (χ4v) is 2.89. The number of nitrogens with one attached hydrogen (secondary N) is 2. The molecule has 0 aromatic heterocycles. The zero-order chi connectivity index (χ0) is 14.8. The number of carbonyl (C=O) groups is 1.